The van der Waals surface area contributed by atoms with E-state index in [0.717, 1.165) is 0 Å². The molecule has 3 rings (SSSR count). The molecule has 3 aliphatic heterocycles. The molecule has 0 radical (unpaired) electrons. The number of rotatable bonds is 0. The van der Waals surface area contributed by atoms with Crippen LogP contribution in [0, 0.1) is 0 Å². The van der Waals surface area contributed by atoms with Gasteiger partial charge in [-0.25, -0.2) is 9.59 Å². The zero-order valence-corrected chi connectivity index (χ0v) is 6.87. The number of hydrogen-bond donors (Lipinski definition) is 0. The van der Waals surface area contributed by atoms with Gasteiger partial charge in [0.2, 0.25) is 12.4 Å². The largest absolute Gasteiger partial charge is 0.511 e. The summed E-state index contributed by atoms with van der Waals surface area (Å²) in [5.41, 5.74) is 0. The van der Waals surface area contributed by atoms with E-state index >= 15 is 0 Å². The van der Waals surface area contributed by atoms with Crippen LogP contribution in [0.1, 0.15) is 0 Å². The molecule has 0 spiro atoms. The summed E-state index contributed by atoms with van der Waals surface area (Å²) in [7, 11) is 0. The molecule has 0 aromatic rings. The monoisotopic (exact) mass is 202 g/mol. The van der Waals surface area contributed by atoms with E-state index in [1.165, 1.54) is 0 Å². The molecule has 76 valence electrons. The molecule has 0 unspecified atom stereocenters. The van der Waals surface area contributed by atoms with E-state index in [2.05, 4.69) is 9.47 Å². The molecule has 4 atom stereocenters. The normalized spacial score (nSPS) is 44.3. The minimum Gasteiger partial charge on any atom is -0.431 e. The smallest absolute Gasteiger partial charge is 0.431 e. The highest BCUT2D eigenvalue weighted by Gasteiger charge is 2.57. The van der Waals surface area contributed by atoms with Crippen molar-refractivity contribution in [2.75, 3.05) is 6.61 Å². The standard InChI is InChI=1S/C7H6O7/c8-6-10-1-2-3(12-6)4-5(11-2)14-7(9)13-4/h2-5H,1H2/t2-,3+,4-,5-/m1/s1. The second-order valence-electron chi connectivity index (χ2n) is 3.14. The molecule has 0 amide bonds. The Morgan fingerprint density at radius 2 is 1.79 bits per heavy atom. The van der Waals surface area contributed by atoms with Gasteiger partial charge in [-0.2, -0.15) is 0 Å². The van der Waals surface area contributed by atoms with Crippen molar-refractivity contribution in [3.63, 3.8) is 0 Å². The van der Waals surface area contributed by atoms with E-state index in [4.69, 9.17) is 14.2 Å². The highest BCUT2D eigenvalue weighted by Crippen LogP contribution is 2.34. The topological polar surface area (TPSA) is 80.3 Å². The molecule has 3 saturated heterocycles. The van der Waals surface area contributed by atoms with Gasteiger partial charge in [-0.05, 0) is 0 Å². The Labute approximate surface area is 77.8 Å². The van der Waals surface area contributed by atoms with Crippen LogP contribution in [0.4, 0.5) is 9.59 Å². The predicted molar refractivity (Wildman–Crippen MR) is 36.2 cm³/mol. The molecule has 0 aromatic heterocycles. The van der Waals surface area contributed by atoms with Crippen LogP contribution in [0.15, 0.2) is 0 Å². The summed E-state index contributed by atoms with van der Waals surface area (Å²) in [5, 5.41) is 0. The summed E-state index contributed by atoms with van der Waals surface area (Å²) in [4.78, 5) is 21.5. The van der Waals surface area contributed by atoms with Gasteiger partial charge in [0.05, 0.1) is 0 Å². The van der Waals surface area contributed by atoms with Crippen molar-refractivity contribution in [3.8, 4) is 0 Å². The molecule has 14 heavy (non-hydrogen) atoms. The maximum absolute atomic E-state index is 10.8. The first-order valence-corrected chi connectivity index (χ1v) is 4.10. The fourth-order valence-electron chi connectivity index (χ4n) is 1.72. The van der Waals surface area contributed by atoms with Crippen molar-refractivity contribution >= 4 is 12.3 Å². The number of fused-ring (bicyclic) bond motifs is 3. The van der Waals surface area contributed by atoms with Gasteiger partial charge < -0.3 is 23.7 Å². The van der Waals surface area contributed by atoms with Crippen molar-refractivity contribution in [2.45, 2.75) is 24.6 Å². The number of hydrogen-bond acceptors (Lipinski definition) is 7. The van der Waals surface area contributed by atoms with Crippen LogP contribution in [0.2, 0.25) is 0 Å². The van der Waals surface area contributed by atoms with Crippen LogP contribution < -0.4 is 0 Å². The molecule has 3 aliphatic rings. The lowest BCUT2D eigenvalue weighted by atomic mass is 10.1. The summed E-state index contributed by atoms with van der Waals surface area (Å²) in [6.45, 7) is 0.0947. The van der Waals surface area contributed by atoms with Gasteiger partial charge >= 0.3 is 12.3 Å². The SMILES string of the molecule is O=C1OC[C@H]2O[C@@H]3OC(=O)O[C@@H]3[C@H]2O1. The van der Waals surface area contributed by atoms with Crippen molar-refractivity contribution in [3.05, 3.63) is 0 Å². The summed E-state index contributed by atoms with van der Waals surface area (Å²) < 4.78 is 24.1. The van der Waals surface area contributed by atoms with Gasteiger partial charge in [-0.3, -0.25) is 0 Å². The van der Waals surface area contributed by atoms with Gasteiger partial charge in [0.15, 0.2) is 6.10 Å². The van der Waals surface area contributed by atoms with E-state index in [1.54, 1.807) is 0 Å². The van der Waals surface area contributed by atoms with Crippen molar-refractivity contribution in [1.82, 2.24) is 0 Å². The van der Waals surface area contributed by atoms with Crippen LogP contribution in [0.3, 0.4) is 0 Å². The number of carbonyl (C=O) groups is 2. The predicted octanol–water partition coefficient (Wildman–Crippen LogP) is -0.218. The van der Waals surface area contributed by atoms with Gasteiger partial charge in [0, 0.05) is 0 Å². The van der Waals surface area contributed by atoms with Crippen molar-refractivity contribution in [2.24, 2.45) is 0 Å². The first-order chi connectivity index (χ1) is 6.74. The average Bonchev–Trinajstić information content (AvgIpc) is 2.62. The summed E-state index contributed by atoms with van der Waals surface area (Å²) >= 11 is 0. The Kier molecular flexibility index (Phi) is 1.41. The van der Waals surface area contributed by atoms with Gasteiger partial charge in [0.1, 0.15) is 12.7 Å². The third kappa shape index (κ3) is 0.955. The van der Waals surface area contributed by atoms with Gasteiger partial charge in [0.25, 0.3) is 0 Å². The van der Waals surface area contributed by atoms with E-state index in [9.17, 15) is 9.59 Å². The lowest BCUT2D eigenvalue weighted by molar-refractivity contribution is -0.129. The van der Waals surface area contributed by atoms with Crippen LogP contribution in [-0.4, -0.2) is 43.5 Å². The zero-order valence-electron chi connectivity index (χ0n) is 6.87. The maximum Gasteiger partial charge on any atom is 0.511 e. The second kappa shape index (κ2) is 2.50. The fraction of sp³-hybridized carbons (Fsp3) is 0.714. The number of carbonyl (C=O) groups excluding carboxylic acids is 2. The van der Waals surface area contributed by atoms with Crippen molar-refractivity contribution in [1.29, 1.82) is 0 Å². The van der Waals surface area contributed by atoms with E-state index in [0.29, 0.717) is 0 Å². The first-order valence-electron chi connectivity index (χ1n) is 4.10. The molecular weight excluding hydrogens is 196 g/mol. The Bertz CT molecular complexity index is 300. The number of cyclic esters (lactones) is 1. The van der Waals surface area contributed by atoms with E-state index < -0.39 is 36.9 Å². The van der Waals surface area contributed by atoms with E-state index in [1.807, 2.05) is 0 Å². The van der Waals surface area contributed by atoms with E-state index in [-0.39, 0.29) is 6.61 Å². The van der Waals surface area contributed by atoms with Crippen LogP contribution in [-0.2, 0) is 23.7 Å². The van der Waals surface area contributed by atoms with Crippen LogP contribution >= 0.6 is 0 Å². The maximum atomic E-state index is 10.8. The summed E-state index contributed by atoms with van der Waals surface area (Å²) in [6, 6.07) is 0. The second-order valence-corrected chi connectivity index (χ2v) is 3.14. The summed E-state index contributed by atoms with van der Waals surface area (Å²) in [5.74, 6) is 0. The highest BCUT2D eigenvalue weighted by molar-refractivity contribution is 5.64. The lowest BCUT2D eigenvalue weighted by Gasteiger charge is -2.24. The minimum atomic E-state index is -0.805. The highest BCUT2D eigenvalue weighted by atomic mass is 16.9. The molecule has 7 heteroatoms. The first kappa shape index (κ1) is 7.86. The number of ether oxygens (including phenoxy) is 5. The molecule has 0 saturated carbocycles. The quantitative estimate of drug-likeness (QED) is 0.502. The molecule has 0 aliphatic carbocycles. The molecule has 3 heterocycles. The fourth-order valence-corrected chi connectivity index (χ4v) is 1.72. The lowest BCUT2D eigenvalue weighted by Crippen LogP contribution is -2.43. The molecule has 0 bridgehead atoms. The Hall–Kier alpha value is -1.50. The van der Waals surface area contributed by atoms with Crippen LogP contribution in [0.25, 0.3) is 0 Å². The van der Waals surface area contributed by atoms with Crippen LogP contribution in [0.5, 0.6) is 0 Å². The third-order valence-electron chi connectivity index (χ3n) is 2.31. The average molecular weight is 202 g/mol. The molecule has 7 nitrogen and oxygen atoms in total. The zero-order chi connectivity index (χ0) is 9.71. The van der Waals surface area contributed by atoms with Gasteiger partial charge in [-0.15, -0.1) is 0 Å². The van der Waals surface area contributed by atoms with Crippen molar-refractivity contribution < 1.29 is 33.3 Å². The minimum absolute atomic E-state index is 0.0947. The molecule has 0 aromatic carbocycles. The van der Waals surface area contributed by atoms with Gasteiger partial charge in [-0.1, -0.05) is 0 Å². The molecular formula is C7H6O7. The Morgan fingerprint density at radius 1 is 1.00 bits per heavy atom. The summed E-state index contributed by atoms with van der Waals surface area (Å²) in [6.07, 6.45) is -4.07. The Balaban J connectivity index is 1.81. The third-order valence-corrected chi connectivity index (χ3v) is 2.31. The Morgan fingerprint density at radius 3 is 2.64 bits per heavy atom. The molecule has 3 fully saturated rings. The molecule has 0 N–H and O–H groups in total.